The number of aromatic nitrogens is 1. The highest BCUT2D eigenvalue weighted by Gasteiger charge is 2.09. The number of fused-ring (bicyclic) bond motifs is 1. The monoisotopic (exact) mass is 404 g/mol. The molecular formula is C24H21ClN2O2. The number of nitrogens with one attached hydrogen (secondary N) is 2. The summed E-state index contributed by atoms with van der Waals surface area (Å²) in [5.41, 5.74) is 3.85. The Bertz CT molecular complexity index is 1170. The second-order valence-electron chi connectivity index (χ2n) is 6.96. The molecule has 1 heterocycles. The number of hydrogen-bond acceptors (Lipinski definition) is 2. The van der Waals surface area contributed by atoms with Crippen molar-refractivity contribution in [2.24, 2.45) is 0 Å². The Hall–Kier alpha value is -3.24. The standard InChI is InChI=1S/C24H21ClN2O2/c1-16-4-2-6-20(12-16)29-21-7-3-5-17(13-21)24(28)26-11-10-18-15-27-23-9-8-19(25)14-22(18)23/h2-9,12-15,27H,10-11H2,1H3,(H,26,28). The van der Waals surface area contributed by atoms with Gasteiger partial charge < -0.3 is 15.0 Å². The summed E-state index contributed by atoms with van der Waals surface area (Å²) in [5, 5.41) is 4.76. The normalized spacial score (nSPS) is 10.8. The lowest BCUT2D eigenvalue weighted by Crippen LogP contribution is -2.25. The largest absolute Gasteiger partial charge is 0.457 e. The average molecular weight is 405 g/mol. The number of benzene rings is 3. The summed E-state index contributed by atoms with van der Waals surface area (Å²) in [6.45, 7) is 2.54. The molecular weight excluding hydrogens is 384 g/mol. The third-order valence-electron chi connectivity index (χ3n) is 4.73. The highest BCUT2D eigenvalue weighted by atomic mass is 35.5. The van der Waals surface area contributed by atoms with Gasteiger partial charge in [0.05, 0.1) is 0 Å². The number of aryl methyl sites for hydroxylation is 1. The number of aromatic amines is 1. The molecule has 0 aliphatic rings. The summed E-state index contributed by atoms with van der Waals surface area (Å²) in [6.07, 6.45) is 2.68. The molecule has 0 radical (unpaired) electrons. The van der Waals surface area contributed by atoms with Gasteiger partial charge in [-0.15, -0.1) is 0 Å². The minimum atomic E-state index is -0.127. The lowest BCUT2D eigenvalue weighted by atomic mass is 10.1. The van der Waals surface area contributed by atoms with E-state index in [1.807, 2.05) is 67.7 Å². The fourth-order valence-electron chi connectivity index (χ4n) is 3.29. The SMILES string of the molecule is Cc1cccc(Oc2cccc(C(=O)NCCc3c[nH]c4ccc(Cl)cc34)c2)c1. The molecule has 146 valence electrons. The topological polar surface area (TPSA) is 54.1 Å². The van der Waals surface area contributed by atoms with E-state index in [9.17, 15) is 4.79 Å². The zero-order chi connectivity index (χ0) is 20.2. The molecule has 1 aromatic heterocycles. The van der Waals surface area contributed by atoms with Crippen molar-refractivity contribution >= 4 is 28.4 Å². The van der Waals surface area contributed by atoms with Crippen LogP contribution in [0, 0.1) is 6.92 Å². The number of halogens is 1. The molecule has 3 aromatic carbocycles. The Kier molecular flexibility index (Phi) is 5.54. The van der Waals surface area contributed by atoms with Crippen molar-refractivity contribution in [3.8, 4) is 11.5 Å². The van der Waals surface area contributed by atoms with E-state index >= 15 is 0 Å². The van der Waals surface area contributed by atoms with E-state index in [1.54, 1.807) is 12.1 Å². The Labute approximate surface area is 174 Å². The van der Waals surface area contributed by atoms with Crippen molar-refractivity contribution in [1.29, 1.82) is 0 Å². The number of H-pyrrole nitrogens is 1. The van der Waals surface area contributed by atoms with E-state index in [0.29, 0.717) is 29.3 Å². The van der Waals surface area contributed by atoms with E-state index in [-0.39, 0.29) is 5.91 Å². The summed E-state index contributed by atoms with van der Waals surface area (Å²) < 4.78 is 5.88. The molecule has 4 aromatic rings. The van der Waals surface area contributed by atoms with Crippen molar-refractivity contribution in [3.05, 3.63) is 94.6 Å². The van der Waals surface area contributed by atoms with Crippen LogP contribution < -0.4 is 10.1 Å². The predicted octanol–water partition coefficient (Wildman–Crippen LogP) is 5.89. The summed E-state index contributed by atoms with van der Waals surface area (Å²) in [7, 11) is 0. The second-order valence-corrected chi connectivity index (χ2v) is 7.39. The first kappa shape index (κ1) is 19.1. The Morgan fingerprint density at radius 1 is 1.03 bits per heavy atom. The van der Waals surface area contributed by atoms with Crippen LogP contribution >= 0.6 is 11.6 Å². The van der Waals surface area contributed by atoms with Crippen LogP contribution in [-0.4, -0.2) is 17.4 Å². The van der Waals surface area contributed by atoms with Gasteiger partial charge in [-0.2, -0.15) is 0 Å². The van der Waals surface area contributed by atoms with Crippen LogP contribution in [0.15, 0.2) is 72.9 Å². The molecule has 0 saturated heterocycles. The first-order chi connectivity index (χ1) is 14.1. The van der Waals surface area contributed by atoms with Crippen molar-refractivity contribution in [1.82, 2.24) is 10.3 Å². The van der Waals surface area contributed by atoms with E-state index in [0.717, 1.165) is 27.8 Å². The third kappa shape index (κ3) is 4.61. The summed E-state index contributed by atoms with van der Waals surface area (Å²) in [6, 6.07) is 20.8. The van der Waals surface area contributed by atoms with E-state index < -0.39 is 0 Å². The minimum absolute atomic E-state index is 0.127. The van der Waals surface area contributed by atoms with Gasteiger partial charge in [0.1, 0.15) is 11.5 Å². The molecule has 4 nitrogen and oxygen atoms in total. The van der Waals surface area contributed by atoms with Crippen LogP contribution in [0.3, 0.4) is 0 Å². The highest BCUT2D eigenvalue weighted by molar-refractivity contribution is 6.31. The van der Waals surface area contributed by atoms with Gasteiger partial charge in [-0.3, -0.25) is 4.79 Å². The van der Waals surface area contributed by atoms with Gasteiger partial charge in [0.25, 0.3) is 5.91 Å². The molecule has 0 bridgehead atoms. The molecule has 0 saturated carbocycles. The van der Waals surface area contributed by atoms with Crippen molar-refractivity contribution in [2.45, 2.75) is 13.3 Å². The number of ether oxygens (including phenoxy) is 1. The van der Waals surface area contributed by atoms with Gasteiger partial charge in [-0.25, -0.2) is 0 Å². The molecule has 0 fully saturated rings. The molecule has 0 aliphatic heterocycles. The van der Waals surface area contributed by atoms with Gasteiger partial charge in [-0.1, -0.05) is 29.8 Å². The first-order valence-electron chi connectivity index (χ1n) is 9.47. The van der Waals surface area contributed by atoms with Crippen LogP contribution in [0.4, 0.5) is 0 Å². The smallest absolute Gasteiger partial charge is 0.251 e. The van der Waals surface area contributed by atoms with E-state index in [4.69, 9.17) is 16.3 Å². The van der Waals surface area contributed by atoms with E-state index in [1.165, 1.54) is 0 Å². The lowest BCUT2D eigenvalue weighted by Gasteiger charge is -2.09. The fourth-order valence-corrected chi connectivity index (χ4v) is 3.46. The van der Waals surface area contributed by atoms with Crippen molar-refractivity contribution in [3.63, 3.8) is 0 Å². The Morgan fingerprint density at radius 2 is 1.83 bits per heavy atom. The number of carbonyl (C=O) groups is 1. The molecule has 5 heteroatoms. The lowest BCUT2D eigenvalue weighted by molar-refractivity contribution is 0.0954. The van der Waals surface area contributed by atoms with Crippen LogP contribution in [0.1, 0.15) is 21.5 Å². The molecule has 0 atom stereocenters. The number of amides is 1. The number of rotatable bonds is 6. The van der Waals surface area contributed by atoms with Crippen molar-refractivity contribution < 1.29 is 9.53 Å². The second kappa shape index (κ2) is 8.41. The molecule has 1 amide bonds. The van der Waals surface area contributed by atoms with Gasteiger partial charge in [0.2, 0.25) is 0 Å². The Balaban J connectivity index is 1.39. The summed E-state index contributed by atoms with van der Waals surface area (Å²) >= 11 is 6.10. The maximum Gasteiger partial charge on any atom is 0.251 e. The highest BCUT2D eigenvalue weighted by Crippen LogP contribution is 2.24. The average Bonchev–Trinajstić information content (AvgIpc) is 3.10. The zero-order valence-corrected chi connectivity index (χ0v) is 16.8. The number of hydrogen-bond donors (Lipinski definition) is 2. The molecule has 4 rings (SSSR count). The third-order valence-corrected chi connectivity index (χ3v) is 4.97. The first-order valence-corrected chi connectivity index (χ1v) is 9.84. The maximum absolute atomic E-state index is 12.6. The Morgan fingerprint density at radius 3 is 2.66 bits per heavy atom. The number of carbonyl (C=O) groups excluding carboxylic acids is 1. The molecule has 2 N–H and O–H groups in total. The van der Waals surface area contributed by atoms with Gasteiger partial charge in [0, 0.05) is 34.2 Å². The summed E-state index contributed by atoms with van der Waals surface area (Å²) in [5.74, 6) is 1.26. The molecule has 0 aliphatic carbocycles. The van der Waals surface area contributed by atoms with Crippen molar-refractivity contribution in [2.75, 3.05) is 6.54 Å². The van der Waals surface area contributed by atoms with Gasteiger partial charge >= 0.3 is 0 Å². The maximum atomic E-state index is 12.6. The molecule has 0 spiro atoms. The van der Waals surface area contributed by atoms with Crippen LogP contribution in [0.5, 0.6) is 11.5 Å². The predicted molar refractivity (Wildman–Crippen MR) is 117 cm³/mol. The molecule has 29 heavy (non-hydrogen) atoms. The van der Waals surface area contributed by atoms with Crippen LogP contribution in [0.25, 0.3) is 10.9 Å². The van der Waals surface area contributed by atoms with Gasteiger partial charge in [0.15, 0.2) is 0 Å². The zero-order valence-electron chi connectivity index (χ0n) is 16.0. The van der Waals surface area contributed by atoms with E-state index in [2.05, 4.69) is 10.3 Å². The van der Waals surface area contributed by atoms with Crippen LogP contribution in [0.2, 0.25) is 5.02 Å². The quantitative estimate of drug-likeness (QED) is 0.420. The minimum Gasteiger partial charge on any atom is -0.457 e. The van der Waals surface area contributed by atoms with Crippen LogP contribution in [-0.2, 0) is 6.42 Å². The van der Waals surface area contributed by atoms with Gasteiger partial charge in [-0.05, 0) is 73.0 Å². The molecule has 0 unspecified atom stereocenters. The summed E-state index contributed by atoms with van der Waals surface area (Å²) in [4.78, 5) is 15.8. The fraction of sp³-hybridized carbons (Fsp3) is 0.125.